The van der Waals surface area contributed by atoms with Crippen molar-refractivity contribution in [1.29, 1.82) is 0 Å². The highest BCUT2D eigenvalue weighted by Gasteiger charge is 2.25. The van der Waals surface area contributed by atoms with Gasteiger partial charge in [-0.3, -0.25) is 9.59 Å². The van der Waals surface area contributed by atoms with E-state index in [1.807, 2.05) is 0 Å². The van der Waals surface area contributed by atoms with Crippen LogP contribution in [0.3, 0.4) is 0 Å². The molecule has 2 heterocycles. The van der Waals surface area contributed by atoms with Gasteiger partial charge >= 0.3 is 0 Å². The number of fused-ring (bicyclic) bond motifs is 1. The van der Waals surface area contributed by atoms with Gasteiger partial charge in [0.2, 0.25) is 5.91 Å². The Morgan fingerprint density at radius 1 is 1.36 bits per heavy atom. The SMILES string of the molecule is O=C(N[C@@H]1CCCCNC1=O)C1=Cc2cc(Cl)ccc2OC1. The van der Waals surface area contributed by atoms with E-state index in [0.717, 1.165) is 18.4 Å². The molecule has 1 aromatic carbocycles. The Hall–Kier alpha value is -2.01. The lowest BCUT2D eigenvalue weighted by Crippen LogP contribution is -2.46. The predicted octanol–water partition coefficient (Wildman–Crippen LogP) is 1.90. The summed E-state index contributed by atoms with van der Waals surface area (Å²) in [7, 11) is 0. The fraction of sp³-hybridized carbons (Fsp3) is 0.375. The summed E-state index contributed by atoms with van der Waals surface area (Å²) in [4.78, 5) is 24.2. The summed E-state index contributed by atoms with van der Waals surface area (Å²) >= 11 is 5.96. The van der Waals surface area contributed by atoms with Gasteiger partial charge in [-0.2, -0.15) is 0 Å². The normalized spacial score (nSPS) is 20.9. The van der Waals surface area contributed by atoms with Crippen LogP contribution >= 0.6 is 11.6 Å². The number of nitrogens with one attached hydrogen (secondary N) is 2. The smallest absolute Gasteiger partial charge is 0.251 e. The van der Waals surface area contributed by atoms with Crippen LogP contribution < -0.4 is 15.4 Å². The third kappa shape index (κ3) is 3.25. The summed E-state index contributed by atoms with van der Waals surface area (Å²) in [5.74, 6) is 0.312. The summed E-state index contributed by atoms with van der Waals surface area (Å²) in [6.07, 6.45) is 4.27. The van der Waals surface area contributed by atoms with Crippen molar-refractivity contribution in [3.8, 4) is 5.75 Å². The van der Waals surface area contributed by atoms with E-state index < -0.39 is 6.04 Å². The average molecular weight is 321 g/mol. The van der Waals surface area contributed by atoms with Gasteiger partial charge in [-0.1, -0.05) is 11.6 Å². The fourth-order valence-corrected chi connectivity index (χ4v) is 2.79. The van der Waals surface area contributed by atoms with Crippen LogP contribution in [0.1, 0.15) is 24.8 Å². The molecule has 0 aliphatic carbocycles. The van der Waals surface area contributed by atoms with Crippen LogP contribution in [0.25, 0.3) is 6.08 Å². The molecular formula is C16H17ClN2O3. The Kier molecular flexibility index (Phi) is 4.34. The van der Waals surface area contributed by atoms with Crippen molar-refractivity contribution in [1.82, 2.24) is 10.6 Å². The Bertz CT molecular complexity index is 642. The van der Waals surface area contributed by atoms with Crippen molar-refractivity contribution in [2.75, 3.05) is 13.2 Å². The highest BCUT2D eigenvalue weighted by Crippen LogP contribution is 2.29. The van der Waals surface area contributed by atoms with Crippen LogP contribution in [0.5, 0.6) is 5.75 Å². The summed E-state index contributed by atoms with van der Waals surface area (Å²) < 4.78 is 5.56. The average Bonchev–Trinajstić information content (AvgIpc) is 2.71. The number of rotatable bonds is 2. The van der Waals surface area contributed by atoms with Gasteiger partial charge in [-0.05, 0) is 43.5 Å². The second-order valence-corrected chi connectivity index (χ2v) is 5.89. The molecule has 1 saturated heterocycles. The van der Waals surface area contributed by atoms with E-state index in [0.29, 0.717) is 29.3 Å². The first-order valence-electron chi connectivity index (χ1n) is 7.35. The molecular weight excluding hydrogens is 304 g/mol. The maximum Gasteiger partial charge on any atom is 0.251 e. The third-order valence-electron chi connectivity index (χ3n) is 3.82. The quantitative estimate of drug-likeness (QED) is 0.874. The number of amides is 2. The van der Waals surface area contributed by atoms with Crippen LogP contribution in [0, 0.1) is 0 Å². The molecule has 0 aromatic heterocycles. The zero-order valence-electron chi connectivity index (χ0n) is 12.0. The largest absolute Gasteiger partial charge is 0.488 e. The van der Waals surface area contributed by atoms with Crippen molar-refractivity contribution in [2.45, 2.75) is 25.3 Å². The van der Waals surface area contributed by atoms with E-state index in [4.69, 9.17) is 16.3 Å². The molecule has 2 aliphatic heterocycles. The van der Waals surface area contributed by atoms with Crippen LogP contribution in [-0.4, -0.2) is 31.0 Å². The Morgan fingerprint density at radius 2 is 2.23 bits per heavy atom. The number of ether oxygens (including phenoxy) is 1. The number of hydrogen-bond acceptors (Lipinski definition) is 3. The number of benzene rings is 1. The molecule has 1 fully saturated rings. The molecule has 0 radical (unpaired) electrons. The minimum Gasteiger partial charge on any atom is -0.488 e. The van der Waals surface area contributed by atoms with Gasteiger partial charge < -0.3 is 15.4 Å². The predicted molar refractivity (Wildman–Crippen MR) is 83.7 cm³/mol. The fourth-order valence-electron chi connectivity index (χ4n) is 2.61. The van der Waals surface area contributed by atoms with Crippen LogP contribution in [0.2, 0.25) is 5.02 Å². The van der Waals surface area contributed by atoms with Gasteiger partial charge in [0.15, 0.2) is 0 Å². The van der Waals surface area contributed by atoms with Gasteiger partial charge in [0, 0.05) is 17.1 Å². The summed E-state index contributed by atoms with van der Waals surface area (Å²) in [5, 5.41) is 6.18. The number of hydrogen-bond donors (Lipinski definition) is 2. The maximum atomic E-state index is 12.3. The molecule has 1 aromatic rings. The second kappa shape index (κ2) is 6.40. The molecule has 0 spiro atoms. The summed E-state index contributed by atoms with van der Waals surface area (Å²) in [6.45, 7) is 0.859. The topological polar surface area (TPSA) is 67.4 Å². The minimum absolute atomic E-state index is 0.119. The van der Waals surface area contributed by atoms with Crippen LogP contribution in [-0.2, 0) is 9.59 Å². The van der Waals surface area contributed by atoms with Gasteiger partial charge in [0.25, 0.3) is 5.91 Å². The molecule has 2 aliphatic rings. The molecule has 0 bridgehead atoms. The lowest BCUT2D eigenvalue weighted by molar-refractivity contribution is -0.127. The molecule has 22 heavy (non-hydrogen) atoms. The van der Waals surface area contributed by atoms with E-state index in [1.54, 1.807) is 24.3 Å². The van der Waals surface area contributed by atoms with Crippen LogP contribution in [0.15, 0.2) is 23.8 Å². The minimum atomic E-state index is -0.475. The lowest BCUT2D eigenvalue weighted by atomic mass is 10.1. The van der Waals surface area contributed by atoms with Crippen molar-refractivity contribution in [3.05, 3.63) is 34.4 Å². The van der Waals surface area contributed by atoms with Gasteiger partial charge in [-0.15, -0.1) is 0 Å². The molecule has 1 atom stereocenters. The first-order chi connectivity index (χ1) is 10.6. The standard InChI is InChI=1S/C16H17ClN2O3/c17-12-4-5-14-10(8-12)7-11(9-22-14)15(20)19-13-3-1-2-6-18-16(13)21/h4-5,7-8,13H,1-3,6,9H2,(H,18,21)(H,19,20)/t13-/m1/s1. The first-order valence-corrected chi connectivity index (χ1v) is 7.73. The molecule has 5 nitrogen and oxygen atoms in total. The Morgan fingerprint density at radius 3 is 3.09 bits per heavy atom. The summed E-state index contributed by atoms with van der Waals surface area (Å²) in [6, 6.07) is 4.80. The Labute approximate surface area is 133 Å². The summed E-state index contributed by atoms with van der Waals surface area (Å²) in [5.41, 5.74) is 1.26. The number of carbonyl (C=O) groups is 2. The molecule has 6 heteroatoms. The van der Waals surface area contributed by atoms with E-state index in [-0.39, 0.29) is 18.4 Å². The monoisotopic (exact) mass is 320 g/mol. The molecule has 2 N–H and O–H groups in total. The zero-order chi connectivity index (χ0) is 15.5. The molecule has 0 saturated carbocycles. The van der Waals surface area contributed by atoms with E-state index in [1.165, 1.54) is 0 Å². The molecule has 0 unspecified atom stereocenters. The molecule has 3 rings (SSSR count). The first kappa shape index (κ1) is 14.9. The number of carbonyl (C=O) groups excluding carboxylic acids is 2. The highest BCUT2D eigenvalue weighted by atomic mass is 35.5. The highest BCUT2D eigenvalue weighted by molar-refractivity contribution is 6.30. The zero-order valence-corrected chi connectivity index (χ0v) is 12.8. The van der Waals surface area contributed by atoms with Gasteiger partial charge in [0.1, 0.15) is 18.4 Å². The van der Waals surface area contributed by atoms with Gasteiger partial charge in [-0.25, -0.2) is 0 Å². The van der Waals surface area contributed by atoms with Crippen LogP contribution in [0.4, 0.5) is 0 Å². The molecule has 116 valence electrons. The lowest BCUT2D eigenvalue weighted by Gasteiger charge is -2.20. The van der Waals surface area contributed by atoms with Gasteiger partial charge in [0.05, 0.1) is 5.57 Å². The maximum absolute atomic E-state index is 12.3. The second-order valence-electron chi connectivity index (χ2n) is 5.45. The number of halogens is 1. The van der Waals surface area contributed by atoms with E-state index in [2.05, 4.69) is 10.6 Å². The van der Waals surface area contributed by atoms with E-state index in [9.17, 15) is 9.59 Å². The molecule has 2 amide bonds. The van der Waals surface area contributed by atoms with E-state index >= 15 is 0 Å². The Balaban J connectivity index is 1.74. The van der Waals surface area contributed by atoms with Crippen molar-refractivity contribution in [2.24, 2.45) is 0 Å². The van der Waals surface area contributed by atoms with Crippen molar-refractivity contribution >= 4 is 29.5 Å². The van der Waals surface area contributed by atoms with Crippen molar-refractivity contribution in [3.63, 3.8) is 0 Å². The third-order valence-corrected chi connectivity index (χ3v) is 4.05. The van der Waals surface area contributed by atoms with Crippen molar-refractivity contribution < 1.29 is 14.3 Å².